The molecule has 0 atom stereocenters. The predicted molar refractivity (Wildman–Crippen MR) is 95.9 cm³/mol. The van der Waals surface area contributed by atoms with E-state index in [-0.39, 0.29) is 5.69 Å². The fourth-order valence-corrected chi connectivity index (χ4v) is 3.08. The number of carbonyl (C=O) groups excluding carboxylic acids is 1. The zero-order valence-corrected chi connectivity index (χ0v) is 15.1. The minimum absolute atomic E-state index is 0.136. The number of carbonyl (C=O) groups is 1. The molecule has 0 spiro atoms. The first-order chi connectivity index (χ1) is 11.3. The maximum Gasteiger partial charge on any atom is 0.412 e. The number of benzene rings is 1. The Balaban J connectivity index is 1.97. The van der Waals surface area contributed by atoms with Crippen molar-refractivity contribution in [3.05, 3.63) is 24.0 Å². The van der Waals surface area contributed by atoms with Crippen LogP contribution in [0.15, 0.2) is 18.2 Å². The van der Waals surface area contributed by atoms with Crippen LogP contribution in [0.25, 0.3) is 0 Å². The van der Waals surface area contributed by atoms with E-state index in [0.29, 0.717) is 6.04 Å². The van der Waals surface area contributed by atoms with Gasteiger partial charge in [0.25, 0.3) is 0 Å². The molecule has 1 aliphatic rings. The van der Waals surface area contributed by atoms with Gasteiger partial charge in [0.05, 0.1) is 5.69 Å². The van der Waals surface area contributed by atoms with E-state index in [1.807, 2.05) is 0 Å². The number of hydrogen-bond donors (Lipinski definition) is 2. The van der Waals surface area contributed by atoms with Gasteiger partial charge in [-0.15, -0.1) is 0 Å². The van der Waals surface area contributed by atoms with Crippen LogP contribution in [0.5, 0.6) is 0 Å². The van der Waals surface area contributed by atoms with Gasteiger partial charge in [0.1, 0.15) is 11.4 Å². The highest BCUT2D eigenvalue weighted by Gasteiger charge is 2.21. The van der Waals surface area contributed by atoms with Gasteiger partial charge in [0.15, 0.2) is 0 Å². The molecular formula is C19H29FN2O2. The highest BCUT2D eigenvalue weighted by atomic mass is 19.1. The molecule has 0 bridgehead atoms. The third kappa shape index (κ3) is 5.69. The Labute approximate surface area is 144 Å². The van der Waals surface area contributed by atoms with Gasteiger partial charge >= 0.3 is 6.09 Å². The first kappa shape index (κ1) is 18.6. The van der Waals surface area contributed by atoms with E-state index in [4.69, 9.17) is 4.74 Å². The van der Waals surface area contributed by atoms with E-state index in [2.05, 4.69) is 17.6 Å². The fraction of sp³-hybridized carbons (Fsp3) is 0.632. The highest BCUT2D eigenvalue weighted by molar-refractivity contribution is 5.85. The lowest BCUT2D eigenvalue weighted by atomic mass is 9.84. The summed E-state index contributed by atoms with van der Waals surface area (Å²) in [5, 5.41) is 5.94. The van der Waals surface area contributed by atoms with E-state index in [1.165, 1.54) is 25.3 Å². The van der Waals surface area contributed by atoms with Gasteiger partial charge in [-0.25, -0.2) is 9.18 Å². The van der Waals surface area contributed by atoms with Crippen molar-refractivity contribution in [1.82, 2.24) is 0 Å². The number of ether oxygens (including phenoxy) is 1. The Morgan fingerprint density at radius 1 is 1.25 bits per heavy atom. The fourth-order valence-electron chi connectivity index (χ4n) is 3.08. The molecule has 2 N–H and O–H groups in total. The SMILES string of the molecule is CCC1CCC(Nc2ccc(F)c(NC(=O)OC(C)(C)C)c2)CC1. The largest absolute Gasteiger partial charge is 0.444 e. The molecule has 1 fully saturated rings. The molecule has 24 heavy (non-hydrogen) atoms. The Kier molecular flexibility index (Phi) is 6.08. The summed E-state index contributed by atoms with van der Waals surface area (Å²) in [7, 11) is 0. The second kappa shape index (κ2) is 7.86. The average Bonchev–Trinajstić information content (AvgIpc) is 2.49. The Morgan fingerprint density at radius 3 is 2.50 bits per heavy atom. The number of rotatable bonds is 4. The number of halogens is 1. The van der Waals surface area contributed by atoms with Crippen LogP contribution in [-0.2, 0) is 4.74 Å². The molecule has 5 heteroatoms. The molecule has 0 radical (unpaired) electrons. The Morgan fingerprint density at radius 2 is 1.92 bits per heavy atom. The Bertz CT molecular complexity index is 561. The van der Waals surface area contributed by atoms with E-state index < -0.39 is 17.5 Å². The van der Waals surface area contributed by atoms with Gasteiger partial charge < -0.3 is 10.1 Å². The van der Waals surface area contributed by atoms with E-state index >= 15 is 0 Å². The molecule has 0 saturated heterocycles. The first-order valence-corrected chi connectivity index (χ1v) is 8.83. The smallest absolute Gasteiger partial charge is 0.412 e. The predicted octanol–water partition coefficient (Wildman–Crippen LogP) is 5.55. The first-order valence-electron chi connectivity index (χ1n) is 8.83. The summed E-state index contributed by atoms with van der Waals surface area (Å²) >= 11 is 0. The minimum Gasteiger partial charge on any atom is -0.444 e. The van der Waals surface area contributed by atoms with E-state index in [1.54, 1.807) is 32.9 Å². The van der Waals surface area contributed by atoms with Crippen LogP contribution in [0.3, 0.4) is 0 Å². The Hall–Kier alpha value is -1.78. The number of hydrogen-bond acceptors (Lipinski definition) is 3. The van der Waals surface area contributed by atoms with Crippen molar-refractivity contribution < 1.29 is 13.9 Å². The number of nitrogens with one attached hydrogen (secondary N) is 2. The van der Waals surface area contributed by atoms with Gasteiger partial charge in [-0.1, -0.05) is 13.3 Å². The minimum atomic E-state index is -0.651. The van der Waals surface area contributed by atoms with Crippen molar-refractivity contribution >= 4 is 17.5 Å². The van der Waals surface area contributed by atoms with E-state index in [9.17, 15) is 9.18 Å². The van der Waals surface area contributed by atoms with Crippen molar-refractivity contribution in [1.29, 1.82) is 0 Å². The molecule has 1 aromatic rings. The van der Waals surface area contributed by atoms with Crippen molar-refractivity contribution in [2.24, 2.45) is 5.92 Å². The number of anilines is 2. The topological polar surface area (TPSA) is 50.4 Å². The van der Waals surface area contributed by atoms with Gasteiger partial charge in [0.2, 0.25) is 0 Å². The van der Waals surface area contributed by atoms with Gasteiger partial charge in [-0.2, -0.15) is 0 Å². The van der Waals surface area contributed by atoms with Crippen molar-refractivity contribution in [3.8, 4) is 0 Å². The summed E-state index contributed by atoms with van der Waals surface area (Å²) in [5.41, 5.74) is 0.341. The molecule has 0 aromatic heterocycles. The van der Waals surface area contributed by atoms with Crippen LogP contribution in [0.1, 0.15) is 59.8 Å². The molecule has 0 aliphatic heterocycles. The molecule has 0 heterocycles. The highest BCUT2D eigenvalue weighted by Crippen LogP contribution is 2.29. The summed E-state index contributed by atoms with van der Waals surface area (Å²) in [6.07, 6.45) is 5.32. The van der Waals surface area contributed by atoms with Crippen LogP contribution in [0.4, 0.5) is 20.6 Å². The molecule has 0 unspecified atom stereocenters. The van der Waals surface area contributed by atoms with Crippen molar-refractivity contribution in [2.75, 3.05) is 10.6 Å². The summed E-state index contributed by atoms with van der Waals surface area (Å²) in [5.74, 6) is 0.363. The quantitative estimate of drug-likeness (QED) is 0.757. The molecular weight excluding hydrogens is 307 g/mol. The van der Waals surface area contributed by atoms with Crippen LogP contribution in [0.2, 0.25) is 0 Å². The lowest BCUT2D eigenvalue weighted by Crippen LogP contribution is -2.28. The van der Waals surface area contributed by atoms with Crippen LogP contribution in [-0.4, -0.2) is 17.7 Å². The standard InChI is InChI=1S/C19H29FN2O2/c1-5-13-6-8-14(9-7-13)21-15-10-11-16(20)17(12-15)22-18(23)24-19(2,3)4/h10-14,21H,5-9H2,1-4H3,(H,22,23). The third-order valence-electron chi connectivity index (χ3n) is 4.40. The second-order valence-corrected chi connectivity index (χ2v) is 7.59. The lowest BCUT2D eigenvalue weighted by molar-refractivity contribution is 0.0635. The lowest BCUT2D eigenvalue weighted by Gasteiger charge is -2.29. The second-order valence-electron chi connectivity index (χ2n) is 7.59. The molecule has 2 rings (SSSR count). The van der Waals surface area contributed by atoms with Crippen LogP contribution in [0, 0.1) is 11.7 Å². The van der Waals surface area contributed by atoms with Crippen molar-refractivity contribution in [2.45, 2.75) is 71.4 Å². The van der Waals surface area contributed by atoms with Gasteiger partial charge in [-0.3, -0.25) is 5.32 Å². The molecule has 134 valence electrons. The van der Waals surface area contributed by atoms with Crippen LogP contribution < -0.4 is 10.6 Å². The monoisotopic (exact) mass is 336 g/mol. The zero-order chi connectivity index (χ0) is 17.7. The summed E-state index contributed by atoms with van der Waals surface area (Å²) in [6, 6.07) is 5.12. The average molecular weight is 336 g/mol. The summed E-state index contributed by atoms with van der Waals surface area (Å²) in [4.78, 5) is 11.8. The van der Waals surface area contributed by atoms with Gasteiger partial charge in [0, 0.05) is 11.7 Å². The maximum atomic E-state index is 13.9. The van der Waals surface area contributed by atoms with Gasteiger partial charge in [-0.05, 0) is 70.6 Å². The third-order valence-corrected chi connectivity index (χ3v) is 4.40. The maximum absolute atomic E-state index is 13.9. The normalized spacial score (nSPS) is 21.2. The molecule has 1 saturated carbocycles. The summed E-state index contributed by atoms with van der Waals surface area (Å²) in [6.45, 7) is 7.56. The molecule has 1 aliphatic carbocycles. The van der Waals surface area contributed by atoms with Crippen molar-refractivity contribution in [3.63, 3.8) is 0 Å². The van der Waals surface area contributed by atoms with E-state index in [0.717, 1.165) is 24.4 Å². The van der Waals surface area contributed by atoms with Crippen LogP contribution >= 0.6 is 0 Å². The molecule has 1 aromatic carbocycles. The zero-order valence-electron chi connectivity index (χ0n) is 15.1. The summed E-state index contributed by atoms with van der Waals surface area (Å²) < 4.78 is 19.1. The number of amides is 1. The molecule has 1 amide bonds. The molecule has 4 nitrogen and oxygen atoms in total.